The fraction of sp³-hybridized carbons (Fsp3) is 0.136. The zero-order valence-electron chi connectivity index (χ0n) is 15.4. The van der Waals surface area contributed by atoms with Gasteiger partial charge in [0.05, 0.1) is 17.3 Å². The maximum absolute atomic E-state index is 14.0. The smallest absolute Gasteiger partial charge is 0.270 e. The van der Waals surface area contributed by atoms with E-state index in [0.29, 0.717) is 11.3 Å². The molecule has 29 heavy (non-hydrogen) atoms. The van der Waals surface area contributed by atoms with Gasteiger partial charge in [-0.1, -0.05) is 24.3 Å². The lowest BCUT2D eigenvalue weighted by Gasteiger charge is -2.13. The Bertz CT molecular complexity index is 1110. The number of pyridine rings is 1. The van der Waals surface area contributed by atoms with Crippen molar-refractivity contribution in [3.63, 3.8) is 0 Å². The predicted octanol–water partition coefficient (Wildman–Crippen LogP) is 3.32. The van der Waals surface area contributed by atoms with Crippen LogP contribution in [0.3, 0.4) is 0 Å². The van der Waals surface area contributed by atoms with Crippen molar-refractivity contribution < 1.29 is 9.18 Å². The first-order valence-corrected chi connectivity index (χ1v) is 9.13. The summed E-state index contributed by atoms with van der Waals surface area (Å²) < 4.78 is 14.0. The maximum atomic E-state index is 14.0. The molecule has 0 aliphatic heterocycles. The van der Waals surface area contributed by atoms with Crippen LogP contribution < -0.4 is 16.4 Å². The highest BCUT2D eigenvalue weighted by Crippen LogP contribution is 2.24. The lowest BCUT2D eigenvalue weighted by molar-refractivity contribution is 0.0933. The molecule has 0 atom stereocenters. The molecule has 1 aliphatic rings. The number of nitrogens with zero attached hydrogens (tertiary/aromatic N) is 2. The number of hydrogen-bond acceptors (Lipinski definition) is 5. The first-order valence-electron chi connectivity index (χ1n) is 9.13. The minimum absolute atomic E-state index is 0.00991. The monoisotopic (exact) mass is 387 g/mol. The molecule has 0 radical (unpaired) electrons. The number of amides is 1. The summed E-state index contributed by atoms with van der Waals surface area (Å²) in [5.74, 6) is -0.661. The fourth-order valence-corrected chi connectivity index (χ4v) is 3.48. The molecule has 0 saturated carbocycles. The first-order chi connectivity index (χ1) is 14.0. The molecular formula is C22H18FN5O. The number of nitrogens with one attached hydrogen (secondary N) is 2. The third-order valence-electron chi connectivity index (χ3n) is 4.82. The van der Waals surface area contributed by atoms with Crippen LogP contribution >= 0.6 is 0 Å². The number of nitrogen functional groups attached to an aromatic ring is 1. The van der Waals surface area contributed by atoms with Crippen molar-refractivity contribution in [3.05, 3.63) is 82.8 Å². The Morgan fingerprint density at radius 2 is 1.86 bits per heavy atom. The van der Waals surface area contributed by atoms with Gasteiger partial charge in [0.25, 0.3) is 5.91 Å². The van der Waals surface area contributed by atoms with Crippen molar-refractivity contribution in [1.82, 2.24) is 10.3 Å². The summed E-state index contributed by atoms with van der Waals surface area (Å²) in [6.07, 6.45) is 1.53. The third-order valence-corrected chi connectivity index (χ3v) is 4.82. The maximum Gasteiger partial charge on any atom is 0.270 e. The highest BCUT2D eigenvalue weighted by atomic mass is 19.1. The van der Waals surface area contributed by atoms with Gasteiger partial charge < -0.3 is 16.4 Å². The first kappa shape index (κ1) is 18.4. The van der Waals surface area contributed by atoms with Gasteiger partial charge in [-0.15, -0.1) is 0 Å². The Hall–Kier alpha value is -3.92. The molecule has 0 unspecified atom stereocenters. The average molecular weight is 387 g/mol. The van der Waals surface area contributed by atoms with E-state index >= 15 is 0 Å². The van der Waals surface area contributed by atoms with Crippen LogP contribution in [0.5, 0.6) is 0 Å². The Balaban J connectivity index is 1.51. The van der Waals surface area contributed by atoms with Gasteiger partial charge in [-0.25, -0.2) is 9.37 Å². The van der Waals surface area contributed by atoms with Gasteiger partial charge in [0, 0.05) is 17.8 Å². The minimum atomic E-state index is -0.539. The largest absolute Gasteiger partial charge is 0.399 e. The van der Waals surface area contributed by atoms with Crippen molar-refractivity contribution in [2.24, 2.45) is 0 Å². The van der Waals surface area contributed by atoms with Crippen molar-refractivity contribution >= 4 is 23.1 Å². The molecule has 1 amide bonds. The van der Waals surface area contributed by atoms with Crippen molar-refractivity contribution in [1.29, 1.82) is 5.26 Å². The van der Waals surface area contributed by atoms with E-state index in [4.69, 9.17) is 11.0 Å². The third kappa shape index (κ3) is 4.01. The van der Waals surface area contributed by atoms with Crippen LogP contribution in [0.1, 0.15) is 27.2 Å². The number of anilines is 3. The lowest BCUT2D eigenvalue weighted by atomic mass is 10.1. The zero-order chi connectivity index (χ0) is 20.4. The van der Waals surface area contributed by atoms with Crippen LogP contribution in [0.4, 0.5) is 21.6 Å². The van der Waals surface area contributed by atoms with Crippen LogP contribution in [-0.4, -0.2) is 16.9 Å². The number of carbonyl (C=O) groups is 1. The van der Waals surface area contributed by atoms with Crippen LogP contribution in [0.15, 0.2) is 54.6 Å². The minimum Gasteiger partial charge on any atom is -0.399 e. The van der Waals surface area contributed by atoms with Crippen LogP contribution in [0.25, 0.3) is 0 Å². The second kappa shape index (κ2) is 7.60. The molecule has 1 aliphatic carbocycles. The van der Waals surface area contributed by atoms with E-state index in [-0.39, 0.29) is 29.1 Å². The van der Waals surface area contributed by atoms with Crippen LogP contribution in [-0.2, 0) is 12.8 Å². The SMILES string of the molecule is N#Cc1ccc(F)c(Nc2cc(N)cc(C(=O)NC3Cc4ccccc4C3)n2)c1. The van der Waals surface area contributed by atoms with E-state index in [1.807, 2.05) is 18.2 Å². The van der Waals surface area contributed by atoms with Gasteiger partial charge in [-0.2, -0.15) is 5.26 Å². The molecule has 4 rings (SSSR count). The number of halogens is 1. The molecule has 7 heteroatoms. The summed E-state index contributed by atoms with van der Waals surface area (Å²) >= 11 is 0. The molecule has 0 saturated heterocycles. The second-order valence-corrected chi connectivity index (χ2v) is 6.95. The second-order valence-electron chi connectivity index (χ2n) is 6.95. The quantitative estimate of drug-likeness (QED) is 0.637. The van der Waals surface area contributed by atoms with Crippen LogP contribution in [0.2, 0.25) is 0 Å². The van der Waals surface area contributed by atoms with Gasteiger partial charge >= 0.3 is 0 Å². The van der Waals surface area contributed by atoms with Gasteiger partial charge in [0.2, 0.25) is 0 Å². The molecule has 0 fully saturated rings. The van der Waals surface area contributed by atoms with E-state index in [0.717, 1.165) is 12.8 Å². The highest BCUT2D eigenvalue weighted by Gasteiger charge is 2.23. The van der Waals surface area contributed by atoms with Gasteiger partial charge in [0.1, 0.15) is 17.3 Å². The molecule has 1 aromatic heterocycles. The number of carbonyl (C=O) groups excluding carboxylic acids is 1. The average Bonchev–Trinajstić information content (AvgIpc) is 3.11. The van der Waals surface area contributed by atoms with E-state index in [2.05, 4.69) is 27.8 Å². The number of rotatable bonds is 4. The molecular weight excluding hydrogens is 369 g/mol. The van der Waals surface area contributed by atoms with E-state index in [1.54, 1.807) is 0 Å². The number of fused-ring (bicyclic) bond motifs is 1. The van der Waals surface area contributed by atoms with Gasteiger partial charge in [0.15, 0.2) is 0 Å². The molecule has 144 valence electrons. The highest BCUT2D eigenvalue weighted by molar-refractivity contribution is 5.94. The topological polar surface area (TPSA) is 104 Å². The van der Waals surface area contributed by atoms with Gasteiger partial charge in [-0.3, -0.25) is 4.79 Å². The summed E-state index contributed by atoms with van der Waals surface area (Å²) in [6, 6.07) is 17.0. The van der Waals surface area contributed by atoms with E-state index in [9.17, 15) is 9.18 Å². The summed E-state index contributed by atoms with van der Waals surface area (Å²) in [5, 5.41) is 14.8. The molecule has 4 N–H and O–H groups in total. The van der Waals surface area contributed by atoms with Crippen molar-refractivity contribution in [2.75, 3.05) is 11.1 Å². The number of aromatic nitrogens is 1. The molecule has 2 aromatic carbocycles. The predicted molar refractivity (Wildman–Crippen MR) is 108 cm³/mol. The number of nitriles is 1. The molecule has 0 bridgehead atoms. The Labute approximate surface area is 167 Å². The molecule has 3 aromatic rings. The standard InChI is InChI=1S/C22H18FN5O/c23-18-6-5-13(12-24)7-19(18)27-21-11-16(25)10-20(28-21)22(29)26-17-8-14-3-1-2-4-15(14)9-17/h1-7,10-11,17H,8-9H2,(H,26,29)(H3,25,27,28). The summed E-state index contributed by atoms with van der Waals surface area (Å²) in [4.78, 5) is 17.0. The number of nitrogens with two attached hydrogens (primary N) is 1. The lowest BCUT2D eigenvalue weighted by Crippen LogP contribution is -2.35. The Morgan fingerprint density at radius 3 is 2.55 bits per heavy atom. The van der Waals surface area contributed by atoms with Crippen LogP contribution in [0, 0.1) is 17.1 Å². The number of benzene rings is 2. The van der Waals surface area contributed by atoms with E-state index < -0.39 is 5.82 Å². The summed E-state index contributed by atoms with van der Waals surface area (Å²) in [7, 11) is 0. The number of hydrogen-bond donors (Lipinski definition) is 3. The summed E-state index contributed by atoms with van der Waals surface area (Å²) in [6.45, 7) is 0. The van der Waals surface area contributed by atoms with E-state index in [1.165, 1.54) is 41.5 Å². The molecule has 0 spiro atoms. The Morgan fingerprint density at radius 1 is 1.14 bits per heavy atom. The molecule has 1 heterocycles. The van der Waals surface area contributed by atoms with Crippen molar-refractivity contribution in [3.8, 4) is 6.07 Å². The normalized spacial score (nSPS) is 12.8. The van der Waals surface area contributed by atoms with Gasteiger partial charge in [-0.05, 0) is 48.2 Å². The van der Waals surface area contributed by atoms with Crippen molar-refractivity contribution in [2.45, 2.75) is 18.9 Å². The molecule has 6 nitrogen and oxygen atoms in total. The zero-order valence-corrected chi connectivity index (χ0v) is 15.4. The Kier molecular flexibility index (Phi) is 4.83. The fourth-order valence-electron chi connectivity index (χ4n) is 3.48. The summed E-state index contributed by atoms with van der Waals surface area (Å²) in [5.41, 5.74) is 9.22.